The maximum Gasteiger partial charge on any atom is 0.319 e. The molecule has 0 aliphatic rings. The van der Waals surface area contributed by atoms with Crippen LogP contribution in [0, 0.1) is 0 Å². The van der Waals surface area contributed by atoms with Gasteiger partial charge in [0.1, 0.15) is 5.82 Å². The van der Waals surface area contributed by atoms with Crippen molar-refractivity contribution in [1.82, 2.24) is 14.5 Å². The molecule has 2 aromatic rings. The number of hydrogen-bond donors (Lipinski definition) is 0. The number of carbonyl (C=O) groups is 1. The molecule has 0 spiro atoms. The van der Waals surface area contributed by atoms with Crippen molar-refractivity contribution >= 4 is 29.3 Å². The summed E-state index contributed by atoms with van der Waals surface area (Å²) in [7, 11) is 1.52. The first-order valence-corrected chi connectivity index (χ1v) is 7.93. The summed E-state index contributed by atoms with van der Waals surface area (Å²) in [6, 6.07) is 5.15. The van der Waals surface area contributed by atoms with Crippen molar-refractivity contribution in [3.8, 4) is 0 Å². The second kappa shape index (κ2) is 7.11. The molecule has 1 aromatic heterocycles. The molecule has 0 radical (unpaired) electrons. The van der Waals surface area contributed by atoms with E-state index >= 15 is 0 Å². The predicted octanol–water partition coefficient (Wildman–Crippen LogP) is 3.93. The number of thioether (sulfide) groups is 1. The molecular formula is C14H14ClF2N3OS. The molecule has 22 heavy (non-hydrogen) atoms. The van der Waals surface area contributed by atoms with Gasteiger partial charge in [0.15, 0.2) is 0 Å². The third kappa shape index (κ3) is 3.59. The first-order valence-electron chi connectivity index (χ1n) is 6.33. The van der Waals surface area contributed by atoms with E-state index in [0.717, 1.165) is 9.46 Å². The highest BCUT2D eigenvalue weighted by atomic mass is 35.5. The second-order valence-electron chi connectivity index (χ2n) is 4.54. The molecule has 0 aliphatic carbocycles. The molecule has 8 heteroatoms. The van der Waals surface area contributed by atoms with Crippen molar-refractivity contribution in [2.45, 2.75) is 18.0 Å². The Hall–Kier alpha value is -1.60. The average molecular weight is 346 g/mol. The molecule has 1 amide bonds. The van der Waals surface area contributed by atoms with Gasteiger partial charge in [-0.05, 0) is 24.5 Å². The van der Waals surface area contributed by atoms with Crippen LogP contribution in [0.1, 0.15) is 22.7 Å². The molecule has 2 rings (SSSR count). The number of alkyl halides is 2. The van der Waals surface area contributed by atoms with Gasteiger partial charge in [0.25, 0.3) is 5.91 Å². The molecule has 1 heterocycles. The van der Waals surface area contributed by atoms with E-state index in [-0.39, 0.29) is 18.3 Å². The number of hydrogen-bond acceptors (Lipinski definition) is 3. The van der Waals surface area contributed by atoms with Crippen LogP contribution in [0.5, 0.6) is 0 Å². The Morgan fingerprint density at radius 1 is 1.50 bits per heavy atom. The van der Waals surface area contributed by atoms with Crippen LogP contribution in [-0.2, 0) is 6.54 Å². The maximum atomic E-state index is 12.8. The van der Waals surface area contributed by atoms with E-state index in [1.807, 2.05) is 12.3 Å². The van der Waals surface area contributed by atoms with E-state index in [2.05, 4.69) is 4.98 Å². The fourth-order valence-electron chi connectivity index (χ4n) is 1.93. The van der Waals surface area contributed by atoms with E-state index in [0.29, 0.717) is 10.6 Å². The van der Waals surface area contributed by atoms with Crippen LogP contribution >= 0.6 is 23.4 Å². The Labute approximate surface area is 136 Å². The van der Waals surface area contributed by atoms with Crippen molar-refractivity contribution < 1.29 is 13.6 Å². The summed E-state index contributed by atoms with van der Waals surface area (Å²) in [6.07, 6.45) is 4.35. The minimum Gasteiger partial charge on any atom is -0.334 e. The topological polar surface area (TPSA) is 38.1 Å². The molecule has 0 atom stereocenters. The Balaban J connectivity index is 2.20. The van der Waals surface area contributed by atoms with Crippen LogP contribution in [-0.4, -0.2) is 33.7 Å². The van der Waals surface area contributed by atoms with Gasteiger partial charge in [-0.1, -0.05) is 11.6 Å². The highest BCUT2D eigenvalue weighted by molar-refractivity contribution is 7.98. The van der Waals surface area contributed by atoms with E-state index in [4.69, 9.17) is 11.6 Å². The zero-order valence-electron chi connectivity index (χ0n) is 12.0. The summed E-state index contributed by atoms with van der Waals surface area (Å²) in [5.41, 5.74) is 0.339. The molecule has 0 fully saturated rings. The largest absolute Gasteiger partial charge is 0.334 e. The number of rotatable bonds is 5. The van der Waals surface area contributed by atoms with Gasteiger partial charge in [0, 0.05) is 24.3 Å². The van der Waals surface area contributed by atoms with Crippen LogP contribution < -0.4 is 0 Å². The molecule has 1 aromatic carbocycles. The van der Waals surface area contributed by atoms with Crippen molar-refractivity contribution in [1.29, 1.82) is 0 Å². The maximum absolute atomic E-state index is 12.8. The van der Waals surface area contributed by atoms with Crippen LogP contribution in [0.4, 0.5) is 8.78 Å². The van der Waals surface area contributed by atoms with E-state index in [1.54, 1.807) is 12.1 Å². The third-order valence-electron chi connectivity index (χ3n) is 3.09. The minimum absolute atomic E-state index is 0.0317. The molecule has 0 N–H and O–H groups in total. The normalized spacial score (nSPS) is 11.0. The molecular weight excluding hydrogens is 332 g/mol. The number of carbonyl (C=O) groups excluding carboxylic acids is 1. The lowest BCUT2D eigenvalue weighted by atomic mass is 10.2. The van der Waals surface area contributed by atoms with Crippen LogP contribution in [0.2, 0.25) is 5.02 Å². The minimum atomic E-state index is -2.69. The van der Waals surface area contributed by atoms with Crippen LogP contribution in [0.3, 0.4) is 0 Å². The number of halogens is 3. The number of amides is 1. The second-order valence-corrected chi connectivity index (χ2v) is 5.82. The summed E-state index contributed by atoms with van der Waals surface area (Å²) in [4.78, 5) is 18.5. The number of imidazole rings is 1. The van der Waals surface area contributed by atoms with Crippen molar-refractivity contribution in [3.05, 3.63) is 47.0 Å². The highest BCUT2D eigenvalue weighted by Gasteiger charge is 2.19. The van der Waals surface area contributed by atoms with E-state index in [9.17, 15) is 13.6 Å². The molecule has 0 bridgehead atoms. The van der Waals surface area contributed by atoms with Crippen LogP contribution in [0.15, 0.2) is 35.5 Å². The Morgan fingerprint density at radius 2 is 2.23 bits per heavy atom. The smallest absolute Gasteiger partial charge is 0.319 e. The number of nitrogens with zero attached hydrogens (tertiary/aromatic N) is 3. The van der Waals surface area contributed by atoms with Gasteiger partial charge < -0.3 is 4.90 Å². The number of benzene rings is 1. The van der Waals surface area contributed by atoms with Gasteiger partial charge in [0.05, 0.1) is 17.1 Å². The fourth-order valence-corrected chi connectivity index (χ4v) is 2.57. The molecule has 4 nitrogen and oxygen atoms in total. The lowest BCUT2D eigenvalue weighted by Crippen LogP contribution is -2.28. The summed E-state index contributed by atoms with van der Waals surface area (Å²) in [5, 5.41) is 0.326. The highest BCUT2D eigenvalue weighted by Crippen LogP contribution is 2.24. The molecule has 0 unspecified atom stereocenters. The quantitative estimate of drug-likeness (QED) is 0.771. The van der Waals surface area contributed by atoms with Crippen molar-refractivity contribution in [3.63, 3.8) is 0 Å². The third-order valence-corrected chi connectivity index (χ3v) is 4.14. The van der Waals surface area contributed by atoms with Gasteiger partial charge >= 0.3 is 6.55 Å². The SMILES string of the molecule is CSc1ccc(Cl)c(C(=O)N(C)Cc2nccn2C(F)F)c1. The lowest BCUT2D eigenvalue weighted by molar-refractivity contribution is 0.0612. The van der Waals surface area contributed by atoms with Gasteiger partial charge in [-0.25, -0.2) is 4.98 Å². The standard InChI is InChI=1S/C14H14ClF2N3OS/c1-19(8-12-18-5-6-20(12)14(16)17)13(21)10-7-9(22-2)3-4-11(10)15/h3-7,14H,8H2,1-2H3. The zero-order chi connectivity index (χ0) is 16.3. The molecule has 118 valence electrons. The van der Waals surface area contributed by atoms with E-state index < -0.39 is 6.55 Å². The first kappa shape index (κ1) is 16.8. The van der Waals surface area contributed by atoms with Gasteiger partial charge in [-0.3, -0.25) is 9.36 Å². The predicted molar refractivity (Wildman–Crippen MR) is 82.5 cm³/mol. The lowest BCUT2D eigenvalue weighted by Gasteiger charge is -2.18. The summed E-state index contributed by atoms with van der Waals surface area (Å²) in [6.45, 7) is -2.72. The average Bonchev–Trinajstić information content (AvgIpc) is 2.95. The summed E-state index contributed by atoms with van der Waals surface area (Å²) < 4.78 is 26.3. The Kier molecular flexibility index (Phi) is 5.42. The van der Waals surface area contributed by atoms with Crippen molar-refractivity contribution in [2.75, 3.05) is 13.3 Å². The van der Waals surface area contributed by atoms with Crippen LogP contribution in [0.25, 0.3) is 0 Å². The number of aromatic nitrogens is 2. The van der Waals surface area contributed by atoms with E-state index in [1.165, 1.54) is 36.1 Å². The first-order chi connectivity index (χ1) is 10.4. The Morgan fingerprint density at radius 3 is 2.86 bits per heavy atom. The molecule has 0 saturated heterocycles. The zero-order valence-corrected chi connectivity index (χ0v) is 13.5. The fraction of sp³-hybridized carbons (Fsp3) is 0.286. The molecule has 0 saturated carbocycles. The van der Waals surface area contributed by atoms with Gasteiger partial charge in [0.2, 0.25) is 0 Å². The summed E-state index contributed by atoms with van der Waals surface area (Å²) in [5.74, 6) is -0.229. The Bertz CT molecular complexity index is 678. The molecule has 0 aliphatic heterocycles. The summed E-state index contributed by atoms with van der Waals surface area (Å²) >= 11 is 7.55. The van der Waals surface area contributed by atoms with Gasteiger partial charge in [-0.2, -0.15) is 8.78 Å². The van der Waals surface area contributed by atoms with Gasteiger partial charge in [-0.15, -0.1) is 11.8 Å². The monoisotopic (exact) mass is 345 g/mol. The van der Waals surface area contributed by atoms with Crippen molar-refractivity contribution in [2.24, 2.45) is 0 Å².